The average molecular weight is 289 g/mol. The molecule has 2 aliphatic rings. The zero-order valence-electron chi connectivity index (χ0n) is 12.6. The van der Waals surface area contributed by atoms with Crippen molar-refractivity contribution in [2.75, 3.05) is 25.6 Å². The second kappa shape index (κ2) is 6.58. The van der Waals surface area contributed by atoms with E-state index in [0.717, 1.165) is 25.1 Å². The number of hydrogen-bond acceptors (Lipinski definition) is 3. The minimum atomic E-state index is 0.0320. The summed E-state index contributed by atoms with van der Waals surface area (Å²) >= 11 is 0. The number of amides is 1. The third kappa shape index (κ3) is 3.44. The molecule has 0 saturated carbocycles. The second-order valence-electron chi connectivity index (χ2n) is 5.99. The van der Waals surface area contributed by atoms with E-state index in [9.17, 15) is 4.79 Å². The van der Waals surface area contributed by atoms with Gasteiger partial charge in [0.15, 0.2) is 0 Å². The van der Waals surface area contributed by atoms with Gasteiger partial charge in [0, 0.05) is 25.8 Å². The van der Waals surface area contributed by atoms with Gasteiger partial charge in [0.2, 0.25) is 5.91 Å². The summed E-state index contributed by atoms with van der Waals surface area (Å²) in [4.78, 5) is 12.2. The molecule has 1 N–H and O–H groups in total. The van der Waals surface area contributed by atoms with Gasteiger partial charge in [-0.15, -0.1) is 0 Å². The van der Waals surface area contributed by atoms with E-state index in [1.54, 1.807) is 7.11 Å². The third-order valence-corrected chi connectivity index (χ3v) is 4.57. The van der Waals surface area contributed by atoms with Crippen molar-refractivity contribution in [2.45, 2.75) is 38.2 Å². The number of rotatable bonds is 4. The summed E-state index contributed by atoms with van der Waals surface area (Å²) in [5, 5.41) is 3.03. The molecule has 0 unspecified atom stereocenters. The van der Waals surface area contributed by atoms with Crippen LogP contribution in [-0.2, 0) is 27.1 Å². The van der Waals surface area contributed by atoms with E-state index < -0.39 is 0 Å². The number of ether oxygens (including phenoxy) is 2. The second-order valence-corrected chi connectivity index (χ2v) is 5.99. The van der Waals surface area contributed by atoms with Gasteiger partial charge in [0.05, 0.1) is 12.7 Å². The monoisotopic (exact) mass is 289 g/mol. The van der Waals surface area contributed by atoms with E-state index in [1.165, 1.54) is 24.0 Å². The maximum absolute atomic E-state index is 12.2. The number of carbonyl (C=O) groups excluding carboxylic acids is 1. The van der Waals surface area contributed by atoms with Crippen LogP contribution < -0.4 is 5.32 Å². The predicted molar refractivity (Wildman–Crippen MR) is 81.4 cm³/mol. The first-order chi connectivity index (χ1) is 10.3. The molecule has 0 aromatic heterocycles. The molecule has 3 rings (SSSR count). The number of anilines is 1. The lowest BCUT2D eigenvalue weighted by Crippen LogP contribution is -2.36. The van der Waals surface area contributed by atoms with Crippen LogP contribution in [0.2, 0.25) is 0 Å². The maximum atomic E-state index is 12.2. The Morgan fingerprint density at radius 3 is 3.10 bits per heavy atom. The van der Waals surface area contributed by atoms with Gasteiger partial charge < -0.3 is 14.8 Å². The largest absolute Gasteiger partial charge is 0.379 e. The van der Waals surface area contributed by atoms with Crippen LogP contribution in [0.5, 0.6) is 0 Å². The Balaban J connectivity index is 1.58. The summed E-state index contributed by atoms with van der Waals surface area (Å²) in [7, 11) is 1.69. The molecule has 1 saturated heterocycles. The summed E-state index contributed by atoms with van der Waals surface area (Å²) in [6.07, 6.45) is 4.94. The fourth-order valence-corrected chi connectivity index (χ4v) is 3.35. The first-order valence-electron chi connectivity index (χ1n) is 7.78. The van der Waals surface area contributed by atoms with Gasteiger partial charge in [-0.2, -0.15) is 0 Å². The van der Waals surface area contributed by atoms with E-state index in [0.29, 0.717) is 13.0 Å². The predicted octanol–water partition coefficient (Wildman–Crippen LogP) is 2.56. The number of aryl methyl sites for hydroxylation is 2. The molecule has 2 atom stereocenters. The van der Waals surface area contributed by atoms with Crippen molar-refractivity contribution in [3.63, 3.8) is 0 Å². The lowest BCUT2D eigenvalue weighted by molar-refractivity contribution is -0.121. The van der Waals surface area contributed by atoms with E-state index in [-0.39, 0.29) is 17.9 Å². The fourth-order valence-electron chi connectivity index (χ4n) is 3.35. The molecule has 0 spiro atoms. The van der Waals surface area contributed by atoms with Crippen molar-refractivity contribution in [1.29, 1.82) is 0 Å². The van der Waals surface area contributed by atoms with Crippen LogP contribution in [0.25, 0.3) is 0 Å². The highest BCUT2D eigenvalue weighted by molar-refractivity contribution is 5.91. The van der Waals surface area contributed by atoms with Gasteiger partial charge in [0.1, 0.15) is 0 Å². The molecule has 4 nitrogen and oxygen atoms in total. The number of hydrogen-bond donors (Lipinski definition) is 1. The number of nitrogens with one attached hydrogen (secondary N) is 1. The number of methoxy groups -OCH3 is 1. The molecule has 0 bridgehead atoms. The van der Waals surface area contributed by atoms with Crippen LogP contribution in [0.3, 0.4) is 0 Å². The zero-order valence-corrected chi connectivity index (χ0v) is 12.6. The van der Waals surface area contributed by atoms with Gasteiger partial charge in [-0.3, -0.25) is 4.79 Å². The average Bonchev–Trinajstić information content (AvgIpc) is 2.95. The SMILES string of the molecule is CO[C@@H]1COCC[C@H]1CC(=O)Nc1ccc2c(c1)CCC2. The fraction of sp³-hybridized carbons (Fsp3) is 0.588. The topological polar surface area (TPSA) is 47.6 Å². The molecule has 21 heavy (non-hydrogen) atoms. The molecule has 0 radical (unpaired) electrons. The molecule has 1 aromatic rings. The van der Waals surface area contributed by atoms with Crippen LogP contribution in [0.4, 0.5) is 5.69 Å². The van der Waals surface area contributed by atoms with Crippen LogP contribution in [0.15, 0.2) is 18.2 Å². The Morgan fingerprint density at radius 2 is 2.24 bits per heavy atom. The highest BCUT2D eigenvalue weighted by Gasteiger charge is 2.27. The normalized spacial score (nSPS) is 24.6. The van der Waals surface area contributed by atoms with Crippen LogP contribution >= 0.6 is 0 Å². The first kappa shape index (κ1) is 14.5. The molecule has 1 heterocycles. The minimum Gasteiger partial charge on any atom is -0.379 e. The molecule has 1 aliphatic carbocycles. The lowest BCUT2D eigenvalue weighted by atomic mass is 9.93. The van der Waals surface area contributed by atoms with Crippen molar-refractivity contribution >= 4 is 11.6 Å². The van der Waals surface area contributed by atoms with E-state index in [4.69, 9.17) is 9.47 Å². The molecule has 1 aromatic carbocycles. The van der Waals surface area contributed by atoms with Crippen LogP contribution in [0, 0.1) is 5.92 Å². The highest BCUT2D eigenvalue weighted by atomic mass is 16.5. The Kier molecular flexibility index (Phi) is 4.56. The van der Waals surface area contributed by atoms with E-state index >= 15 is 0 Å². The molecule has 1 fully saturated rings. The van der Waals surface area contributed by atoms with Gasteiger partial charge in [0.25, 0.3) is 0 Å². The standard InChI is InChI=1S/C17H23NO3/c1-20-16-11-21-8-7-14(16)10-17(19)18-15-6-5-12-3-2-4-13(12)9-15/h5-6,9,14,16H,2-4,7-8,10-11H2,1H3,(H,18,19)/t14-,16+/m0/s1. The van der Waals surface area contributed by atoms with Gasteiger partial charge in [-0.25, -0.2) is 0 Å². The Bertz CT molecular complexity index is 515. The van der Waals surface area contributed by atoms with Gasteiger partial charge in [-0.05, 0) is 54.9 Å². The Hall–Kier alpha value is -1.39. The summed E-state index contributed by atoms with van der Waals surface area (Å²) in [6, 6.07) is 6.28. The van der Waals surface area contributed by atoms with E-state index in [2.05, 4.69) is 17.4 Å². The summed E-state index contributed by atoms with van der Waals surface area (Å²) in [5.74, 6) is 0.320. The Morgan fingerprint density at radius 1 is 1.38 bits per heavy atom. The quantitative estimate of drug-likeness (QED) is 0.926. The zero-order chi connectivity index (χ0) is 14.7. The van der Waals surface area contributed by atoms with Gasteiger partial charge in [-0.1, -0.05) is 6.07 Å². The van der Waals surface area contributed by atoms with Crippen LogP contribution in [-0.4, -0.2) is 32.3 Å². The molecule has 4 heteroatoms. The molecular formula is C17H23NO3. The molecule has 1 amide bonds. The van der Waals surface area contributed by atoms with Crippen molar-refractivity contribution in [2.24, 2.45) is 5.92 Å². The summed E-state index contributed by atoms with van der Waals surface area (Å²) in [5.41, 5.74) is 3.73. The first-order valence-corrected chi connectivity index (χ1v) is 7.78. The smallest absolute Gasteiger partial charge is 0.224 e. The molecule has 1 aliphatic heterocycles. The van der Waals surface area contributed by atoms with Gasteiger partial charge >= 0.3 is 0 Å². The van der Waals surface area contributed by atoms with Crippen molar-refractivity contribution in [1.82, 2.24) is 0 Å². The summed E-state index contributed by atoms with van der Waals surface area (Å²) < 4.78 is 10.8. The summed E-state index contributed by atoms with van der Waals surface area (Å²) in [6.45, 7) is 1.31. The van der Waals surface area contributed by atoms with Crippen molar-refractivity contribution < 1.29 is 14.3 Å². The number of benzene rings is 1. The van der Waals surface area contributed by atoms with Crippen LogP contribution in [0.1, 0.15) is 30.4 Å². The van der Waals surface area contributed by atoms with Crippen molar-refractivity contribution in [3.05, 3.63) is 29.3 Å². The Labute approximate surface area is 125 Å². The van der Waals surface area contributed by atoms with Crippen molar-refractivity contribution in [3.8, 4) is 0 Å². The maximum Gasteiger partial charge on any atom is 0.224 e. The minimum absolute atomic E-state index is 0.0320. The van der Waals surface area contributed by atoms with E-state index in [1.807, 2.05) is 6.07 Å². The number of carbonyl (C=O) groups is 1. The third-order valence-electron chi connectivity index (χ3n) is 4.57. The molecule has 114 valence electrons. The lowest BCUT2D eigenvalue weighted by Gasteiger charge is -2.29. The number of fused-ring (bicyclic) bond motifs is 1. The highest BCUT2D eigenvalue weighted by Crippen LogP contribution is 2.26. The molecular weight excluding hydrogens is 266 g/mol.